The summed E-state index contributed by atoms with van der Waals surface area (Å²) in [7, 11) is 0. The molecule has 1 heterocycles. The molecular formula is C18H19NO. The SMILES string of the molecule is CCc1cccc(C)c1NCc1cc2ccccc2o1. The van der Waals surface area contributed by atoms with E-state index in [2.05, 4.69) is 49.5 Å². The van der Waals surface area contributed by atoms with Crippen molar-refractivity contribution in [3.63, 3.8) is 0 Å². The zero-order chi connectivity index (χ0) is 13.9. The lowest BCUT2D eigenvalue weighted by atomic mass is 10.1. The van der Waals surface area contributed by atoms with Crippen molar-refractivity contribution in [3.8, 4) is 0 Å². The highest BCUT2D eigenvalue weighted by molar-refractivity contribution is 5.77. The van der Waals surface area contributed by atoms with Crippen LogP contribution in [0.5, 0.6) is 0 Å². The molecule has 1 aromatic heterocycles. The van der Waals surface area contributed by atoms with E-state index in [4.69, 9.17) is 4.42 Å². The predicted molar refractivity (Wildman–Crippen MR) is 84.1 cm³/mol. The van der Waals surface area contributed by atoms with Gasteiger partial charge in [-0.1, -0.05) is 43.3 Å². The van der Waals surface area contributed by atoms with Crippen molar-refractivity contribution in [2.24, 2.45) is 0 Å². The van der Waals surface area contributed by atoms with E-state index < -0.39 is 0 Å². The van der Waals surface area contributed by atoms with Gasteiger partial charge >= 0.3 is 0 Å². The zero-order valence-electron chi connectivity index (χ0n) is 11.9. The second-order valence-electron chi connectivity index (χ2n) is 5.07. The number of rotatable bonds is 4. The second kappa shape index (κ2) is 5.41. The van der Waals surface area contributed by atoms with Crippen LogP contribution in [0.3, 0.4) is 0 Å². The Bertz CT molecular complexity index is 694. The summed E-state index contributed by atoms with van der Waals surface area (Å²) in [5, 5.41) is 4.67. The average Bonchev–Trinajstić information content (AvgIpc) is 2.88. The molecule has 3 aromatic rings. The number of benzene rings is 2. The van der Waals surface area contributed by atoms with Crippen molar-refractivity contribution in [2.45, 2.75) is 26.8 Å². The molecule has 0 aliphatic rings. The molecule has 0 radical (unpaired) electrons. The summed E-state index contributed by atoms with van der Waals surface area (Å²) in [4.78, 5) is 0. The fourth-order valence-corrected chi connectivity index (χ4v) is 2.58. The topological polar surface area (TPSA) is 25.2 Å². The van der Waals surface area contributed by atoms with E-state index in [1.807, 2.05) is 18.2 Å². The summed E-state index contributed by atoms with van der Waals surface area (Å²) < 4.78 is 5.84. The summed E-state index contributed by atoms with van der Waals surface area (Å²) >= 11 is 0. The molecule has 102 valence electrons. The molecular weight excluding hydrogens is 246 g/mol. The van der Waals surface area contributed by atoms with Gasteiger partial charge in [0.05, 0.1) is 6.54 Å². The van der Waals surface area contributed by atoms with Crippen LogP contribution >= 0.6 is 0 Å². The molecule has 0 fully saturated rings. The van der Waals surface area contributed by atoms with Gasteiger partial charge in [0.2, 0.25) is 0 Å². The summed E-state index contributed by atoms with van der Waals surface area (Å²) in [6.45, 7) is 5.04. The molecule has 2 heteroatoms. The normalized spacial score (nSPS) is 10.9. The molecule has 0 spiro atoms. The first-order valence-electron chi connectivity index (χ1n) is 7.07. The Morgan fingerprint density at radius 3 is 2.70 bits per heavy atom. The Kier molecular flexibility index (Phi) is 3.46. The molecule has 0 atom stereocenters. The summed E-state index contributed by atoms with van der Waals surface area (Å²) in [6, 6.07) is 16.6. The molecule has 20 heavy (non-hydrogen) atoms. The Morgan fingerprint density at radius 1 is 1.05 bits per heavy atom. The maximum absolute atomic E-state index is 5.84. The van der Waals surface area contributed by atoms with E-state index in [9.17, 15) is 0 Å². The maximum Gasteiger partial charge on any atom is 0.134 e. The molecule has 0 unspecified atom stereocenters. The summed E-state index contributed by atoms with van der Waals surface area (Å²) in [5.74, 6) is 0.969. The van der Waals surface area contributed by atoms with Crippen LogP contribution in [0.15, 0.2) is 52.9 Å². The largest absolute Gasteiger partial charge is 0.459 e. The van der Waals surface area contributed by atoms with Crippen LogP contribution in [-0.4, -0.2) is 0 Å². The fraction of sp³-hybridized carbons (Fsp3) is 0.222. The van der Waals surface area contributed by atoms with Gasteiger partial charge in [-0.2, -0.15) is 0 Å². The van der Waals surface area contributed by atoms with Crippen LogP contribution in [0.4, 0.5) is 5.69 Å². The lowest BCUT2D eigenvalue weighted by Crippen LogP contribution is -2.03. The van der Waals surface area contributed by atoms with Crippen LogP contribution < -0.4 is 5.32 Å². The van der Waals surface area contributed by atoms with E-state index in [1.165, 1.54) is 16.8 Å². The van der Waals surface area contributed by atoms with Crippen LogP contribution in [0.1, 0.15) is 23.8 Å². The highest BCUT2D eigenvalue weighted by atomic mass is 16.3. The highest BCUT2D eigenvalue weighted by Gasteiger charge is 2.06. The average molecular weight is 265 g/mol. The standard InChI is InChI=1S/C18H19NO/c1-3-14-9-6-7-13(2)18(14)19-12-16-11-15-8-4-5-10-17(15)20-16/h4-11,19H,3,12H2,1-2H3. The third-order valence-corrected chi connectivity index (χ3v) is 3.66. The van der Waals surface area contributed by atoms with Gasteiger partial charge in [-0.25, -0.2) is 0 Å². The smallest absolute Gasteiger partial charge is 0.134 e. The van der Waals surface area contributed by atoms with E-state index in [-0.39, 0.29) is 0 Å². The minimum absolute atomic E-state index is 0.715. The Morgan fingerprint density at radius 2 is 1.90 bits per heavy atom. The Hall–Kier alpha value is -2.22. The molecule has 0 aliphatic heterocycles. The molecule has 1 N–H and O–H groups in total. The minimum Gasteiger partial charge on any atom is -0.459 e. The van der Waals surface area contributed by atoms with E-state index >= 15 is 0 Å². The monoisotopic (exact) mass is 265 g/mol. The Labute approximate surface area is 119 Å². The number of aryl methyl sites for hydroxylation is 2. The summed E-state index contributed by atoms with van der Waals surface area (Å²) in [5.41, 5.74) is 4.81. The van der Waals surface area contributed by atoms with Crippen molar-refractivity contribution < 1.29 is 4.42 Å². The number of anilines is 1. The number of nitrogens with one attached hydrogen (secondary N) is 1. The lowest BCUT2D eigenvalue weighted by molar-refractivity contribution is 0.559. The molecule has 0 saturated heterocycles. The van der Waals surface area contributed by atoms with Crippen molar-refractivity contribution in [2.75, 3.05) is 5.32 Å². The van der Waals surface area contributed by atoms with Gasteiger partial charge in [0, 0.05) is 11.1 Å². The van der Waals surface area contributed by atoms with Crippen molar-refractivity contribution in [3.05, 3.63) is 65.4 Å². The van der Waals surface area contributed by atoms with Crippen molar-refractivity contribution in [1.29, 1.82) is 0 Å². The third kappa shape index (κ3) is 2.42. The maximum atomic E-state index is 5.84. The molecule has 0 bridgehead atoms. The van der Waals surface area contributed by atoms with Gasteiger partial charge in [-0.15, -0.1) is 0 Å². The number of hydrogen-bond acceptors (Lipinski definition) is 2. The molecule has 0 amide bonds. The quantitative estimate of drug-likeness (QED) is 0.724. The van der Waals surface area contributed by atoms with Crippen molar-refractivity contribution >= 4 is 16.7 Å². The van der Waals surface area contributed by atoms with Crippen LogP contribution in [0, 0.1) is 6.92 Å². The van der Waals surface area contributed by atoms with Gasteiger partial charge in [-0.05, 0) is 36.6 Å². The van der Waals surface area contributed by atoms with Gasteiger partial charge in [-0.3, -0.25) is 0 Å². The van der Waals surface area contributed by atoms with Gasteiger partial charge < -0.3 is 9.73 Å². The number of fused-ring (bicyclic) bond motifs is 1. The number of hydrogen-bond donors (Lipinski definition) is 1. The minimum atomic E-state index is 0.715. The molecule has 0 aliphatic carbocycles. The van der Waals surface area contributed by atoms with Crippen molar-refractivity contribution in [1.82, 2.24) is 0 Å². The first kappa shape index (κ1) is 12.8. The van der Waals surface area contributed by atoms with Crippen LogP contribution in [-0.2, 0) is 13.0 Å². The van der Waals surface area contributed by atoms with E-state index in [0.717, 1.165) is 23.2 Å². The lowest BCUT2D eigenvalue weighted by Gasteiger charge is -2.12. The second-order valence-corrected chi connectivity index (χ2v) is 5.07. The fourth-order valence-electron chi connectivity index (χ4n) is 2.58. The van der Waals surface area contributed by atoms with Crippen LogP contribution in [0.25, 0.3) is 11.0 Å². The summed E-state index contributed by atoms with van der Waals surface area (Å²) in [6.07, 6.45) is 1.03. The molecule has 2 nitrogen and oxygen atoms in total. The number of furan rings is 1. The Balaban J connectivity index is 1.82. The van der Waals surface area contributed by atoms with Gasteiger partial charge in [0.1, 0.15) is 11.3 Å². The molecule has 0 saturated carbocycles. The first-order chi connectivity index (χ1) is 9.78. The predicted octanol–water partition coefficient (Wildman–Crippen LogP) is 4.92. The van der Waals surface area contributed by atoms with E-state index in [1.54, 1.807) is 0 Å². The first-order valence-corrected chi connectivity index (χ1v) is 7.07. The van der Waals surface area contributed by atoms with Gasteiger partial charge in [0.25, 0.3) is 0 Å². The molecule has 3 rings (SSSR count). The highest BCUT2D eigenvalue weighted by Crippen LogP contribution is 2.24. The number of para-hydroxylation sites is 2. The third-order valence-electron chi connectivity index (χ3n) is 3.66. The zero-order valence-corrected chi connectivity index (χ0v) is 11.9. The molecule has 2 aromatic carbocycles. The van der Waals surface area contributed by atoms with Gasteiger partial charge in [0.15, 0.2) is 0 Å². The van der Waals surface area contributed by atoms with E-state index in [0.29, 0.717) is 6.54 Å². The van der Waals surface area contributed by atoms with Crippen LogP contribution in [0.2, 0.25) is 0 Å².